The summed E-state index contributed by atoms with van der Waals surface area (Å²) in [5.41, 5.74) is 1.44. The summed E-state index contributed by atoms with van der Waals surface area (Å²) < 4.78 is 34.7. The fraction of sp³-hybridized carbons (Fsp3) is 0.250. The van der Waals surface area contributed by atoms with Crippen LogP contribution in [-0.2, 0) is 21.3 Å². The van der Waals surface area contributed by atoms with E-state index in [-0.39, 0.29) is 16.6 Å². The first kappa shape index (κ1) is 20.0. The second-order valence-electron chi connectivity index (χ2n) is 6.79. The maximum absolute atomic E-state index is 12.7. The van der Waals surface area contributed by atoms with Crippen LogP contribution in [0.3, 0.4) is 0 Å². The maximum Gasteiger partial charge on any atom is 0.263 e. The van der Waals surface area contributed by atoms with Gasteiger partial charge < -0.3 is 9.64 Å². The summed E-state index contributed by atoms with van der Waals surface area (Å²) in [6.07, 6.45) is 5.08. The van der Waals surface area contributed by atoms with Crippen molar-refractivity contribution in [2.45, 2.75) is 11.4 Å². The highest BCUT2D eigenvalue weighted by Crippen LogP contribution is 2.17. The fourth-order valence-corrected chi connectivity index (χ4v) is 4.10. The van der Waals surface area contributed by atoms with Crippen LogP contribution in [0.5, 0.6) is 0 Å². The van der Waals surface area contributed by atoms with E-state index < -0.39 is 10.0 Å². The lowest BCUT2D eigenvalue weighted by Crippen LogP contribution is -2.40. The van der Waals surface area contributed by atoms with Gasteiger partial charge in [0.1, 0.15) is 0 Å². The van der Waals surface area contributed by atoms with Gasteiger partial charge in [-0.25, -0.2) is 8.42 Å². The topological polar surface area (TPSA) is 106 Å². The van der Waals surface area contributed by atoms with E-state index in [1.807, 2.05) is 12.1 Å². The van der Waals surface area contributed by atoms with Gasteiger partial charge in [0.05, 0.1) is 24.7 Å². The molecule has 1 aromatic carbocycles. The predicted molar refractivity (Wildman–Crippen MR) is 110 cm³/mol. The van der Waals surface area contributed by atoms with E-state index in [0.29, 0.717) is 38.4 Å². The van der Waals surface area contributed by atoms with Crippen LogP contribution >= 0.6 is 0 Å². The lowest BCUT2D eigenvalue weighted by atomic mass is 10.2. The summed E-state index contributed by atoms with van der Waals surface area (Å²) in [5.74, 6) is 0.0857. The highest BCUT2D eigenvalue weighted by Gasteiger charge is 2.20. The van der Waals surface area contributed by atoms with Gasteiger partial charge in [0.2, 0.25) is 0 Å². The van der Waals surface area contributed by atoms with E-state index in [2.05, 4.69) is 14.8 Å². The molecule has 3 aromatic rings. The molecule has 0 atom stereocenters. The molecule has 0 aliphatic carbocycles. The van der Waals surface area contributed by atoms with Gasteiger partial charge in [-0.15, -0.1) is 0 Å². The Hall–Kier alpha value is -3.24. The largest absolute Gasteiger partial charge is 0.378 e. The summed E-state index contributed by atoms with van der Waals surface area (Å²) in [6, 6.07) is 11.2. The molecule has 1 aliphatic rings. The first-order chi connectivity index (χ1) is 14.5. The quantitative estimate of drug-likeness (QED) is 0.640. The van der Waals surface area contributed by atoms with Crippen molar-refractivity contribution in [2.75, 3.05) is 31.0 Å². The number of rotatable bonds is 6. The molecule has 0 bridgehead atoms. The van der Waals surface area contributed by atoms with Gasteiger partial charge in [-0.1, -0.05) is 0 Å². The molecule has 10 heteroatoms. The minimum Gasteiger partial charge on any atom is -0.378 e. The number of ether oxygens (including phenoxy) is 1. The van der Waals surface area contributed by atoms with E-state index in [0.717, 1.165) is 5.56 Å². The van der Waals surface area contributed by atoms with E-state index in [1.54, 1.807) is 34.2 Å². The molecule has 1 aliphatic heterocycles. The Kier molecular flexibility index (Phi) is 5.77. The second-order valence-corrected chi connectivity index (χ2v) is 8.47. The van der Waals surface area contributed by atoms with Crippen LogP contribution in [0.25, 0.3) is 0 Å². The zero-order valence-corrected chi connectivity index (χ0v) is 17.0. The smallest absolute Gasteiger partial charge is 0.263 e. The number of nitrogens with zero attached hydrogens (tertiary/aromatic N) is 4. The second kappa shape index (κ2) is 8.64. The van der Waals surface area contributed by atoms with Gasteiger partial charge in [0.25, 0.3) is 15.9 Å². The Labute approximate surface area is 174 Å². The molecular formula is C20H21N5O4S. The number of hydrogen-bond acceptors (Lipinski definition) is 6. The third kappa shape index (κ3) is 4.66. The summed E-state index contributed by atoms with van der Waals surface area (Å²) in [4.78, 5) is 18.2. The molecule has 1 N–H and O–H groups in total. The number of pyridine rings is 1. The van der Waals surface area contributed by atoms with Crippen LogP contribution in [0.1, 0.15) is 15.9 Å². The van der Waals surface area contributed by atoms with Crippen LogP contribution in [0, 0.1) is 0 Å². The predicted octanol–water partition coefficient (Wildman–Crippen LogP) is 1.60. The molecule has 156 valence electrons. The first-order valence-corrected chi connectivity index (χ1v) is 10.9. The zero-order valence-electron chi connectivity index (χ0n) is 16.1. The Morgan fingerprint density at radius 3 is 2.43 bits per heavy atom. The standard InChI is InChI=1S/C20H21N5O4S/c26-20(24-11-13-29-14-12-24)17-1-3-18(4-2-17)30(27,28)23-19-7-10-25(22-19)15-16-5-8-21-9-6-16/h1-10H,11-15H2,(H,22,23). The number of hydrogen-bond donors (Lipinski definition) is 1. The van der Waals surface area contributed by atoms with Crippen molar-refractivity contribution in [1.29, 1.82) is 0 Å². The fourth-order valence-electron chi connectivity index (χ4n) is 3.10. The molecule has 0 saturated carbocycles. The summed E-state index contributed by atoms with van der Waals surface area (Å²) in [6.45, 7) is 2.58. The monoisotopic (exact) mass is 427 g/mol. The van der Waals surface area contributed by atoms with Crippen molar-refractivity contribution >= 4 is 21.7 Å². The van der Waals surface area contributed by atoms with Crippen molar-refractivity contribution in [3.8, 4) is 0 Å². The normalized spacial score (nSPS) is 14.5. The van der Waals surface area contributed by atoms with E-state index in [9.17, 15) is 13.2 Å². The number of carbonyl (C=O) groups is 1. The molecule has 1 saturated heterocycles. The van der Waals surface area contributed by atoms with E-state index in [1.165, 1.54) is 24.3 Å². The molecule has 9 nitrogen and oxygen atoms in total. The maximum atomic E-state index is 12.7. The Balaban J connectivity index is 1.43. The van der Waals surface area contributed by atoms with Crippen molar-refractivity contribution in [1.82, 2.24) is 19.7 Å². The number of aromatic nitrogens is 3. The summed E-state index contributed by atoms with van der Waals surface area (Å²) in [5, 5.41) is 4.26. The number of anilines is 1. The average molecular weight is 427 g/mol. The Morgan fingerprint density at radius 2 is 1.73 bits per heavy atom. The molecule has 1 fully saturated rings. The first-order valence-electron chi connectivity index (χ1n) is 9.43. The average Bonchev–Trinajstić information content (AvgIpc) is 3.20. The van der Waals surface area contributed by atoms with Gasteiger partial charge in [-0.3, -0.25) is 19.2 Å². The van der Waals surface area contributed by atoms with E-state index in [4.69, 9.17) is 4.74 Å². The number of nitrogens with one attached hydrogen (secondary N) is 1. The van der Waals surface area contributed by atoms with Crippen molar-refractivity contribution < 1.29 is 17.9 Å². The van der Waals surface area contributed by atoms with Crippen LogP contribution in [0.15, 0.2) is 66.0 Å². The van der Waals surface area contributed by atoms with Crippen LogP contribution in [0.4, 0.5) is 5.82 Å². The van der Waals surface area contributed by atoms with Crippen molar-refractivity contribution in [2.24, 2.45) is 0 Å². The number of carbonyl (C=O) groups excluding carboxylic acids is 1. The molecule has 1 amide bonds. The molecule has 0 unspecified atom stereocenters. The lowest BCUT2D eigenvalue weighted by molar-refractivity contribution is 0.0303. The van der Waals surface area contributed by atoms with E-state index >= 15 is 0 Å². The van der Waals surface area contributed by atoms with Gasteiger partial charge in [-0.2, -0.15) is 5.10 Å². The third-order valence-corrected chi connectivity index (χ3v) is 6.05. The molecule has 0 spiro atoms. The van der Waals surface area contributed by atoms with Crippen LogP contribution in [0.2, 0.25) is 0 Å². The molecule has 4 rings (SSSR count). The Bertz CT molecular complexity index is 1110. The number of sulfonamides is 1. The minimum absolute atomic E-state index is 0.0599. The minimum atomic E-state index is -3.82. The molecular weight excluding hydrogens is 406 g/mol. The number of morpholine rings is 1. The van der Waals surface area contributed by atoms with Gasteiger partial charge in [0.15, 0.2) is 5.82 Å². The summed E-state index contributed by atoms with van der Waals surface area (Å²) >= 11 is 0. The molecule has 0 radical (unpaired) electrons. The zero-order chi connectivity index (χ0) is 21.0. The number of amides is 1. The lowest BCUT2D eigenvalue weighted by Gasteiger charge is -2.26. The van der Waals surface area contributed by atoms with Crippen LogP contribution in [-0.4, -0.2) is 60.3 Å². The van der Waals surface area contributed by atoms with Crippen molar-refractivity contribution in [3.63, 3.8) is 0 Å². The molecule has 2 aromatic heterocycles. The SMILES string of the molecule is O=C(c1ccc(S(=O)(=O)Nc2ccn(Cc3ccncc3)n2)cc1)N1CCOCC1. The third-order valence-electron chi connectivity index (χ3n) is 4.68. The van der Waals surface area contributed by atoms with Gasteiger partial charge in [-0.05, 0) is 42.0 Å². The summed E-state index contributed by atoms with van der Waals surface area (Å²) in [7, 11) is -3.82. The number of benzene rings is 1. The highest BCUT2D eigenvalue weighted by molar-refractivity contribution is 7.92. The van der Waals surface area contributed by atoms with Crippen molar-refractivity contribution in [3.05, 3.63) is 72.2 Å². The highest BCUT2D eigenvalue weighted by atomic mass is 32.2. The van der Waals surface area contributed by atoms with Gasteiger partial charge in [0, 0.05) is 43.3 Å². The Morgan fingerprint density at radius 1 is 1.03 bits per heavy atom. The van der Waals surface area contributed by atoms with Gasteiger partial charge >= 0.3 is 0 Å². The van der Waals surface area contributed by atoms with Crippen LogP contribution < -0.4 is 4.72 Å². The molecule has 30 heavy (non-hydrogen) atoms. The molecule has 3 heterocycles.